The van der Waals surface area contributed by atoms with Crippen LogP contribution in [0.5, 0.6) is 0 Å². The van der Waals surface area contributed by atoms with Gasteiger partial charge in [0, 0.05) is 38.5 Å². The molecule has 0 spiro atoms. The quantitative estimate of drug-likeness (QED) is 0.302. The van der Waals surface area contributed by atoms with E-state index in [2.05, 4.69) is 20.9 Å². The van der Waals surface area contributed by atoms with Gasteiger partial charge in [0.2, 0.25) is 11.7 Å². The summed E-state index contributed by atoms with van der Waals surface area (Å²) in [7, 11) is 1.55. The van der Waals surface area contributed by atoms with E-state index in [1.54, 1.807) is 33.5 Å². The van der Waals surface area contributed by atoms with E-state index in [0.29, 0.717) is 25.5 Å². The highest BCUT2D eigenvalue weighted by Gasteiger charge is 2.33. The number of fused-ring (bicyclic) bond motifs is 1. The minimum atomic E-state index is -1.09. The fraction of sp³-hybridized carbons (Fsp3) is 0.650. The molecule has 2 heterocycles. The van der Waals surface area contributed by atoms with E-state index >= 15 is 0 Å². The van der Waals surface area contributed by atoms with E-state index in [4.69, 9.17) is 14.2 Å². The van der Waals surface area contributed by atoms with Crippen LogP contribution in [0.4, 0.5) is 4.79 Å². The summed E-state index contributed by atoms with van der Waals surface area (Å²) in [6.07, 6.45) is 2.51. The van der Waals surface area contributed by atoms with Crippen molar-refractivity contribution in [2.45, 2.75) is 38.9 Å². The minimum absolute atomic E-state index is 0.00720. The van der Waals surface area contributed by atoms with Crippen LogP contribution in [0, 0.1) is 5.92 Å². The Hall–Kier alpha value is -2.99. The van der Waals surface area contributed by atoms with Crippen molar-refractivity contribution in [3.8, 4) is 0 Å². The van der Waals surface area contributed by atoms with Crippen molar-refractivity contribution in [2.24, 2.45) is 5.92 Å². The van der Waals surface area contributed by atoms with Crippen molar-refractivity contribution >= 4 is 23.7 Å². The van der Waals surface area contributed by atoms with E-state index < -0.39 is 35.8 Å². The van der Waals surface area contributed by atoms with Crippen molar-refractivity contribution in [3.05, 3.63) is 18.2 Å². The zero-order valence-electron chi connectivity index (χ0n) is 18.6. The highest BCUT2D eigenvalue weighted by molar-refractivity contribution is 6.38. The van der Waals surface area contributed by atoms with Gasteiger partial charge in [0.15, 0.2) is 0 Å². The van der Waals surface area contributed by atoms with Gasteiger partial charge < -0.3 is 34.7 Å². The molecular weight excluding hydrogens is 422 g/mol. The summed E-state index contributed by atoms with van der Waals surface area (Å²) in [6, 6.07) is -2.06. The normalized spacial score (nSPS) is 17.4. The smallest absolute Gasteiger partial charge is 0.407 e. The summed E-state index contributed by atoms with van der Waals surface area (Å²) in [5.41, 5.74) is 0.710. The molecule has 0 aromatic carbocycles. The van der Waals surface area contributed by atoms with Crippen LogP contribution < -0.4 is 16.0 Å². The molecule has 0 bridgehead atoms. The first-order valence-electron chi connectivity index (χ1n) is 10.4. The van der Waals surface area contributed by atoms with Gasteiger partial charge in [-0.2, -0.15) is 0 Å². The van der Waals surface area contributed by atoms with Gasteiger partial charge in [0.1, 0.15) is 18.7 Å². The van der Waals surface area contributed by atoms with Crippen LogP contribution in [0.15, 0.2) is 12.5 Å². The number of Topliss-reactive ketones (excluding diaryl/α,β-unsaturated/α-hetero) is 1. The van der Waals surface area contributed by atoms with Crippen LogP contribution in [0.3, 0.4) is 0 Å². The van der Waals surface area contributed by atoms with Crippen molar-refractivity contribution in [1.82, 2.24) is 25.5 Å². The fourth-order valence-electron chi connectivity index (χ4n) is 3.08. The highest BCUT2D eigenvalue weighted by Crippen LogP contribution is 2.09. The minimum Gasteiger partial charge on any atom is -0.447 e. The number of carbonyl (C=O) groups is 4. The monoisotopic (exact) mass is 453 g/mol. The second-order valence-corrected chi connectivity index (χ2v) is 7.57. The largest absolute Gasteiger partial charge is 0.447 e. The van der Waals surface area contributed by atoms with Crippen LogP contribution >= 0.6 is 0 Å². The van der Waals surface area contributed by atoms with Gasteiger partial charge >= 0.3 is 6.09 Å². The Kier molecular flexibility index (Phi) is 10.1. The molecule has 12 heteroatoms. The van der Waals surface area contributed by atoms with Gasteiger partial charge in [0.05, 0.1) is 26.1 Å². The number of rotatable bonds is 10. The lowest BCUT2D eigenvalue weighted by molar-refractivity contribution is -0.140. The van der Waals surface area contributed by atoms with E-state index in [1.165, 1.54) is 0 Å². The van der Waals surface area contributed by atoms with Crippen LogP contribution in [-0.4, -0.2) is 85.4 Å². The molecule has 1 aliphatic heterocycles. The van der Waals surface area contributed by atoms with Gasteiger partial charge in [-0.1, -0.05) is 13.8 Å². The summed E-state index contributed by atoms with van der Waals surface area (Å²) in [5, 5.41) is 7.64. The van der Waals surface area contributed by atoms with Gasteiger partial charge in [-0.05, 0) is 5.92 Å². The number of nitrogens with zero attached hydrogens (tertiary/aromatic N) is 2. The Morgan fingerprint density at radius 3 is 2.72 bits per heavy atom. The molecule has 0 fully saturated rings. The van der Waals surface area contributed by atoms with Crippen LogP contribution in [0.1, 0.15) is 19.5 Å². The number of ketones is 1. The maximum absolute atomic E-state index is 12.9. The third-order valence-corrected chi connectivity index (χ3v) is 4.82. The molecule has 2 atom stereocenters. The summed E-state index contributed by atoms with van der Waals surface area (Å²) in [6.45, 7) is 5.22. The Morgan fingerprint density at radius 2 is 2.00 bits per heavy atom. The van der Waals surface area contributed by atoms with Gasteiger partial charge in [-0.25, -0.2) is 9.78 Å². The van der Waals surface area contributed by atoms with Crippen LogP contribution in [-0.2, 0) is 41.6 Å². The maximum Gasteiger partial charge on any atom is 0.407 e. The number of imidazole rings is 1. The first-order chi connectivity index (χ1) is 15.3. The molecule has 1 aromatic rings. The molecule has 2 unspecified atom stereocenters. The lowest BCUT2D eigenvalue weighted by Crippen LogP contribution is -2.56. The Labute approximate surface area is 186 Å². The number of nitrogens with one attached hydrogen (secondary N) is 3. The maximum atomic E-state index is 12.9. The number of hydrogen-bond acceptors (Lipinski definition) is 8. The molecule has 1 aliphatic rings. The van der Waals surface area contributed by atoms with E-state index in [0.717, 1.165) is 0 Å². The number of ether oxygens (including phenoxy) is 3. The molecule has 2 rings (SSSR count). The predicted octanol–water partition coefficient (Wildman–Crippen LogP) is -0.977. The highest BCUT2D eigenvalue weighted by atomic mass is 16.6. The molecule has 0 saturated carbocycles. The van der Waals surface area contributed by atoms with Crippen molar-refractivity contribution in [1.29, 1.82) is 0 Å². The van der Waals surface area contributed by atoms with Crippen LogP contribution in [0.2, 0.25) is 0 Å². The molecule has 1 aromatic heterocycles. The Bertz CT molecular complexity index is 795. The molecule has 0 radical (unpaired) electrons. The fourth-order valence-corrected chi connectivity index (χ4v) is 3.08. The molecule has 0 saturated heterocycles. The number of aromatic nitrogens is 2. The lowest BCUT2D eigenvalue weighted by Gasteiger charge is -2.24. The average Bonchev–Trinajstić information content (AvgIpc) is 3.20. The van der Waals surface area contributed by atoms with Gasteiger partial charge in [-0.15, -0.1) is 0 Å². The van der Waals surface area contributed by atoms with Crippen LogP contribution in [0.25, 0.3) is 0 Å². The average molecular weight is 453 g/mol. The topological polar surface area (TPSA) is 150 Å². The second kappa shape index (κ2) is 12.8. The molecule has 12 nitrogen and oxygen atoms in total. The van der Waals surface area contributed by atoms with E-state index in [9.17, 15) is 19.2 Å². The van der Waals surface area contributed by atoms with Gasteiger partial charge in [0.25, 0.3) is 5.91 Å². The standard InChI is InChI=1S/C20H31N5O7/c1-13(2)16(24-20(29)32-9-8-31-7-6-30-3)18(27)23-15-10-14-11-21-12-25(14)5-4-22-19(28)17(15)26/h11-13,15-16H,4-10H2,1-3H3,(H,22,28)(H,23,27)(H,24,29). The first-order valence-corrected chi connectivity index (χ1v) is 10.4. The van der Waals surface area contributed by atoms with Crippen molar-refractivity contribution < 1.29 is 33.4 Å². The predicted molar refractivity (Wildman–Crippen MR) is 112 cm³/mol. The summed E-state index contributed by atoms with van der Waals surface area (Å²) in [4.78, 5) is 53.8. The zero-order chi connectivity index (χ0) is 23.5. The van der Waals surface area contributed by atoms with Gasteiger partial charge in [-0.3, -0.25) is 14.4 Å². The van der Waals surface area contributed by atoms with E-state index in [-0.39, 0.29) is 32.1 Å². The lowest BCUT2D eigenvalue weighted by atomic mass is 10.0. The van der Waals surface area contributed by atoms with E-state index in [1.807, 2.05) is 4.57 Å². The number of carbonyl (C=O) groups excluding carboxylic acids is 4. The summed E-state index contributed by atoms with van der Waals surface area (Å²) >= 11 is 0. The Balaban J connectivity index is 1.97. The first kappa shape index (κ1) is 25.3. The molecular formula is C20H31N5O7. The molecule has 0 aliphatic carbocycles. The Morgan fingerprint density at radius 1 is 1.25 bits per heavy atom. The zero-order valence-corrected chi connectivity index (χ0v) is 18.6. The number of hydrogen-bond donors (Lipinski definition) is 3. The summed E-state index contributed by atoms with van der Waals surface area (Å²) < 4.78 is 16.9. The SMILES string of the molecule is COCCOCCOC(=O)NC(C(=O)NC1Cc2cncn2CCNC(=O)C1=O)C(C)C. The molecule has 178 valence electrons. The number of methoxy groups -OCH3 is 1. The number of alkyl carbamates (subject to hydrolysis) is 1. The third-order valence-electron chi connectivity index (χ3n) is 4.82. The molecule has 3 N–H and O–H groups in total. The van der Waals surface area contributed by atoms with Crippen molar-refractivity contribution in [2.75, 3.05) is 40.1 Å². The summed E-state index contributed by atoms with van der Waals surface area (Å²) in [5.74, 6) is -2.42. The second-order valence-electron chi connectivity index (χ2n) is 7.57. The molecule has 32 heavy (non-hydrogen) atoms. The molecule has 3 amide bonds. The third kappa shape index (κ3) is 7.61. The van der Waals surface area contributed by atoms with Crippen molar-refractivity contribution in [3.63, 3.8) is 0 Å². The number of amides is 3.